The van der Waals surface area contributed by atoms with Crippen molar-refractivity contribution in [1.82, 2.24) is 10.6 Å². The van der Waals surface area contributed by atoms with E-state index in [1.807, 2.05) is 6.07 Å². The van der Waals surface area contributed by atoms with E-state index >= 15 is 0 Å². The Balaban J connectivity index is 1.82. The van der Waals surface area contributed by atoms with E-state index < -0.39 is 10.0 Å². The largest absolute Gasteiger partial charge is 0.356 e. The first-order valence-corrected chi connectivity index (χ1v) is 9.65. The molecule has 0 aliphatic rings. The summed E-state index contributed by atoms with van der Waals surface area (Å²) in [6.07, 6.45) is 0.685. The second-order valence-electron chi connectivity index (χ2n) is 5.88. The van der Waals surface area contributed by atoms with Gasteiger partial charge in [0.05, 0.1) is 4.90 Å². The van der Waals surface area contributed by atoms with Crippen LogP contribution in [0.3, 0.4) is 0 Å². The van der Waals surface area contributed by atoms with Crippen LogP contribution in [0.5, 0.6) is 0 Å². The molecule has 0 heterocycles. The average Bonchev–Trinajstić information content (AvgIpc) is 2.60. The number of primary sulfonamides is 1. The maximum atomic E-state index is 13.6. The summed E-state index contributed by atoms with van der Waals surface area (Å²) in [7, 11) is -2.01. The minimum absolute atomic E-state index is 0.0945. The molecular formula is C18H23FN4O2S. The van der Waals surface area contributed by atoms with E-state index in [-0.39, 0.29) is 10.7 Å². The highest BCUT2D eigenvalue weighted by molar-refractivity contribution is 7.89. The highest BCUT2D eigenvalue weighted by Gasteiger charge is 2.07. The van der Waals surface area contributed by atoms with Crippen molar-refractivity contribution in [3.8, 4) is 0 Å². The number of sulfonamides is 1. The monoisotopic (exact) mass is 378 g/mol. The van der Waals surface area contributed by atoms with Gasteiger partial charge in [-0.3, -0.25) is 4.99 Å². The molecule has 0 aliphatic heterocycles. The number of rotatable bonds is 6. The van der Waals surface area contributed by atoms with Gasteiger partial charge in [0.2, 0.25) is 10.0 Å². The molecule has 4 N–H and O–H groups in total. The van der Waals surface area contributed by atoms with Gasteiger partial charge >= 0.3 is 0 Å². The lowest BCUT2D eigenvalue weighted by molar-refractivity contribution is 0.597. The summed E-state index contributed by atoms with van der Waals surface area (Å²) < 4.78 is 36.0. The van der Waals surface area contributed by atoms with Gasteiger partial charge < -0.3 is 10.6 Å². The molecular weight excluding hydrogens is 355 g/mol. The van der Waals surface area contributed by atoms with Crippen molar-refractivity contribution in [1.29, 1.82) is 0 Å². The summed E-state index contributed by atoms with van der Waals surface area (Å²) in [6.45, 7) is 2.79. The number of nitrogens with one attached hydrogen (secondary N) is 2. The molecule has 2 aromatic rings. The van der Waals surface area contributed by atoms with Gasteiger partial charge in [0.15, 0.2) is 5.96 Å². The number of hydrogen-bond acceptors (Lipinski definition) is 3. The van der Waals surface area contributed by atoms with E-state index in [0.717, 1.165) is 11.1 Å². The third kappa shape index (κ3) is 5.82. The normalized spacial score (nSPS) is 12.1. The lowest BCUT2D eigenvalue weighted by Crippen LogP contribution is -2.37. The van der Waals surface area contributed by atoms with Crippen molar-refractivity contribution in [2.45, 2.75) is 24.8 Å². The summed E-state index contributed by atoms with van der Waals surface area (Å²) in [5.74, 6) is 0.377. The van der Waals surface area contributed by atoms with Crippen LogP contribution in [0.25, 0.3) is 0 Å². The van der Waals surface area contributed by atoms with Gasteiger partial charge in [-0.25, -0.2) is 17.9 Å². The molecule has 0 unspecified atom stereocenters. The number of aryl methyl sites for hydroxylation is 1. The Morgan fingerprint density at radius 3 is 2.35 bits per heavy atom. The highest BCUT2D eigenvalue weighted by Crippen LogP contribution is 2.10. The maximum Gasteiger partial charge on any atom is 0.238 e. The van der Waals surface area contributed by atoms with Crippen molar-refractivity contribution in [3.63, 3.8) is 0 Å². The fourth-order valence-electron chi connectivity index (χ4n) is 2.32. The molecule has 2 rings (SSSR count). The predicted octanol–water partition coefficient (Wildman–Crippen LogP) is 1.69. The van der Waals surface area contributed by atoms with Gasteiger partial charge in [0, 0.05) is 20.1 Å². The molecule has 0 bridgehead atoms. The van der Waals surface area contributed by atoms with Gasteiger partial charge in [-0.15, -0.1) is 0 Å². The van der Waals surface area contributed by atoms with Crippen LogP contribution < -0.4 is 15.8 Å². The summed E-state index contributed by atoms with van der Waals surface area (Å²) in [5, 5.41) is 11.4. The van der Waals surface area contributed by atoms with Crippen LogP contribution in [0.1, 0.15) is 16.7 Å². The third-order valence-corrected chi connectivity index (χ3v) is 4.81. The maximum absolute atomic E-state index is 13.6. The average molecular weight is 378 g/mol. The minimum atomic E-state index is -3.67. The standard InChI is InChI=1S/C18H23FN4O2S/c1-13-3-4-15(11-17(13)19)12-23-18(21-2)22-10-9-14-5-7-16(8-6-14)26(20,24)25/h3-8,11H,9-10,12H2,1-2H3,(H2,20,24,25)(H2,21,22,23). The first-order valence-electron chi connectivity index (χ1n) is 8.11. The Labute approximate surface area is 153 Å². The van der Waals surface area contributed by atoms with Crippen LogP contribution in [-0.4, -0.2) is 28.0 Å². The van der Waals surface area contributed by atoms with Crippen LogP contribution in [0.4, 0.5) is 4.39 Å². The third-order valence-electron chi connectivity index (χ3n) is 3.88. The zero-order chi connectivity index (χ0) is 19.2. The van der Waals surface area contributed by atoms with E-state index in [4.69, 9.17) is 5.14 Å². The quantitative estimate of drug-likeness (QED) is 0.526. The summed E-state index contributed by atoms with van der Waals surface area (Å²) >= 11 is 0. The van der Waals surface area contributed by atoms with Gasteiger partial charge in [0.25, 0.3) is 0 Å². The zero-order valence-electron chi connectivity index (χ0n) is 14.8. The Bertz CT molecular complexity index is 881. The first kappa shape index (κ1) is 19.9. The van der Waals surface area contributed by atoms with Crippen LogP contribution in [0.2, 0.25) is 0 Å². The molecule has 140 valence electrons. The number of halogens is 1. The number of benzene rings is 2. The molecule has 0 amide bonds. The highest BCUT2D eigenvalue weighted by atomic mass is 32.2. The van der Waals surface area contributed by atoms with Gasteiger partial charge in [-0.1, -0.05) is 24.3 Å². The molecule has 0 radical (unpaired) electrons. The smallest absolute Gasteiger partial charge is 0.238 e. The van der Waals surface area contributed by atoms with Crippen molar-refractivity contribution >= 4 is 16.0 Å². The molecule has 0 saturated carbocycles. The molecule has 0 atom stereocenters. The lowest BCUT2D eigenvalue weighted by atomic mass is 10.1. The zero-order valence-corrected chi connectivity index (χ0v) is 15.6. The molecule has 0 fully saturated rings. The Hall–Kier alpha value is -2.45. The molecule has 0 spiro atoms. The topological polar surface area (TPSA) is 96.6 Å². The minimum Gasteiger partial charge on any atom is -0.356 e. The Morgan fingerprint density at radius 2 is 1.77 bits per heavy atom. The molecule has 0 aliphatic carbocycles. The second kappa shape index (κ2) is 8.77. The SMILES string of the molecule is CN=C(NCCc1ccc(S(N)(=O)=O)cc1)NCc1ccc(C)c(F)c1. The first-order chi connectivity index (χ1) is 12.3. The van der Waals surface area contributed by atoms with E-state index in [9.17, 15) is 12.8 Å². The van der Waals surface area contributed by atoms with Gasteiger partial charge in [-0.05, 0) is 48.2 Å². The van der Waals surface area contributed by atoms with E-state index in [1.54, 1.807) is 32.2 Å². The van der Waals surface area contributed by atoms with Crippen molar-refractivity contribution in [2.75, 3.05) is 13.6 Å². The molecule has 2 aromatic carbocycles. The number of hydrogen-bond donors (Lipinski definition) is 3. The molecule has 6 nitrogen and oxygen atoms in total. The fraction of sp³-hybridized carbons (Fsp3) is 0.278. The van der Waals surface area contributed by atoms with E-state index in [0.29, 0.717) is 31.0 Å². The molecule has 26 heavy (non-hydrogen) atoms. The number of aliphatic imine (C=N–C) groups is 1. The number of nitrogens with zero attached hydrogens (tertiary/aromatic N) is 1. The van der Waals surface area contributed by atoms with Crippen molar-refractivity contribution in [3.05, 3.63) is 65.0 Å². The predicted molar refractivity (Wildman–Crippen MR) is 101 cm³/mol. The van der Waals surface area contributed by atoms with Gasteiger partial charge in [-0.2, -0.15) is 0 Å². The number of nitrogens with two attached hydrogens (primary N) is 1. The van der Waals surface area contributed by atoms with E-state index in [2.05, 4.69) is 15.6 Å². The Kier molecular flexibility index (Phi) is 6.70. The molecule has 0 aromatic heterocycles. The summed E-state index contributed by atoms with van der Waals surface area (Å²) in [6, 6.07) is 11.6. The fourth-order valence-corrected chi connectivity index (χ4v) is 2.84. The van der Waals surface area contributed by atoms with Crippen LogP contribution in [0, 0.1) is 12.7 Å². The van der Waals surface area contributed by atoms with Gasteiger partial charge in [0.1, 0.15) is 5.82 Å². The van der Waals surface area contributed by atoms with Crippen LogP contribution in [-0.2, 0) is 23.0 Å². The lowest BCUT2D eigenvalue weighted by Gasteiger charge is -2.12. The molecule has 0 saturated heterocycles. The summed E-state index contributed by atoms with van der Waals surface area (Å²) in [5.41, 5.74) is 2.42. The van der Waals surface area contributed by atoms with Crippen LogP contribution >= 0.6 is 0 Å². The van der Waals surface area contributed by atoms with E-state index in [1.165, 1.54) is 18.2 Å². The Morgan fingerprint density at radius 1 is 1.12 bits per heavy atom. The number of guanidine groups is 1. The van der Waals surface area contributed by atoms with Crippen molar-refractivity contribution in [2.24, 2.45) is 10.1 Å². The second-order valence-corrected chi connectivity index (χ2v) is 7.44. The van der Waals surface area contributed by atoms with Crippen LogP contribution in [0.15, 0.2) is 52.4 Å². The molecule has 8 heteroatoms. The summed E-state index contributed by atoms with van der Waals surface area (Å²) in [4.78, 5) is 4.22. The van der Waals surface area contributed by atoms with Crippen molar-refractivity contribution < 1.29 is 12.8 Å².